The highest BCUT2D eigenvalue weighted by atomic mass is 19.1. The van der Waals surface area contributed by atoms with E-state index in [0.717, 1.165) is 11.3 Å². The molecule has 4 nitrogen and oxygen atoms in total. The van der Waals surface area contributed by atoms with Gasteiger partial charge in [0.2, 0.25) is 5.95 Å². The number of para-hydroxylation sites is 1. The maximum Gasteiger partial charge on any atom is 0.229 e. The molecule has 6 heteroatoms. The third-order valence-corrected chi connectivity index (χ3v) is 3.70. The highest BCUT2D eigenvalue weighted by Crippen LogP contribution is 2.24. The van der Waals surface area contributed by atoms with Gasteiger partial charge in [0, 0.05) is 17.4 Å². The average Bonchev–Trinajstić information content (AvgIpc) is 2.53. The molecule has 3 rings (SSSR count). The van der Waals surface area contributed by atoms with E-state index in [1.54, 1.807) is 13.0 Å². The molecule has 1 heterocycles. The number of anilines is 4. The van der Waals surface area contributed by atoms with Gasteiger partial charge in [-0.25, -0.2) is 13.8 Å². The molecule has 0 aliphatic heterocycles. The Morgan fingerprint density at radius 1 is 0.840 bits per heavy atom. The van der Waals surface area contributed by atoms with Gasteiger partial charge >= 0.3 is 0 Å². The SMILES string of the molecule is Cc1ccc(Nc2cc(C)nc(Nc3c(F)cccc3F)n2)c(C)c1. The molecule has 0 aliphatic rings. The smallest absolute Gasteiger partial charge is 0.229 e. The van der Waals surface area contributed by atoms with Crippen LogP contribution in [0.25, 0.3) is 0 Å². The lowest BCUT2D eigenvalue weighted by molar-refractivity contribution is 0.590. The van der Waals surface area contributed by atoms with Gasteiger partial charge in [0.05, 0.1) is 0 Å². The van der Waals surface area contributed by atoms with E-state index in [-0.39, 0.29) is 11.6 Å². The topological polar surface area (TPSA) is 49.8 Å². The molecule has 0 unspecified atom stereocenters. The summed E-state index contributed by atoms with van der Waals surface area (Å²) >= 11 is 0. The van der Waals surface area contributed by atoms with Crippen molar-refractivity contribution in [2.24, 2.45) is 0 Å². The van der Waals surface area contributed by atoms with Gasteiger partial charge in [-0.3, -0.25) is 0 Å². The number of halogens is 2. The molecule has 0 saturated heterocycles. The molecule has 128 valence electrons. The summed E-state index contributed by atoms with van der Waals surface area (Å²) in [6, 6.07) is 11.4. The first kappa shape index (κ1) is 16.8. The van der Waals surface area contributed by atoms with Gasteiger partial charge in [0.25, 0.3) is 0 Å². The minimum Gasteiger partial charge on any atom is -0.340 e. The Bertz CT molecular complexity index is 905. The Balaban J connectivity index is 1.90. The van der Waals surface area contributed by atoms with Crippen molar-refractivity contribution in [3.63, 3.8) is 0 Å². The summed E-state index contributed by atoms with van der Waals surface area (Å²) in [5.41, 5.74) is 3.55. The zero-order valence-corrected chi connectivity index (χ0v) is 14.2. The first-order chi connectivity index (χ1) is 11.9. The van der Waals surface area contributed by atoms with Crippen molar-refractivity contribution in [1.29, 1.82) is 0 Å². The minimum atomic E-state index is -0.700. The second-order valence-corrected chi connectivity index (χ2v) is 5.88. The van der Waals surface area contributed by atoms with Crippen LogP contribution in [0, 0.1) is 32.4 Å². The molecule has 1 aromatic heterocycles. The highest BCUT2D eigenvalue weighted by Gasteiger charge is 2.11. The molecule has 0 atom stereocenters. The summed E-state index contributed by atoms with van der Waals surface area (Å²) in [6.07, 6.45) is 0. The van der Waals surface area contributed by atoms with Crippen molar-refractivity contribution >= 4 is 23.1 Å². The average molecular weight is 340 g/mol. The number of aromatic nitrogens is 2. The second-order valence-electron chi connectivity index (χ2n) is 5.88. The summed E-state index contributed by atoms with van der Waals surface area (Å²) in [4.78, 5) is 8.50. The normalized spacial score (nSPS) is 10.6. The van der Waals surface area contributed by atoms with Crippen molar-refractivity contribution < 1.29 is 8.78 Å². The Labute approximate surface area is 145 Å². The van der Waals surface area contributed by atoms with E-state index < -0.39 is 11.6 Å². The van der Waals surface area contributed by atoms with Crippen LogP contribution in [0.1, 0.15) is 16.8 Å². The lowest BCUT2D eigenvalue weighted by Crippen LogP contribution is -2.05. The van der Waals surface area contributed by atoms with E-state index in [2.05, 4.69) is 26.7 Å². The Morgan fingerprint density at radius 2 is 1.56 bits per heavy atom. The molecule has 0 amide bonds. The van der Waals surface area contributed by atoms with Crippen LogP contribution < -0.4 is 10.6 Å². The first-order valence-electron chi connectivity index (χ1n) is 7.83. The summed E-state index contributed by atoms with van der Waals surface area (Å²) in [5.74, 6) is -0.738. The number of benzene rings is 2. The maximum atomic E-state index is 13.8. The number of nitrogens with one attached hydrogen (secondary N) is 2. The number of hydrogen-bond acceptors (Lipinski definition) is 4. The fourth-order valence-corrected chi connectivity index (χ4v) is 2.51. The Kier molecular flexibility index (Phi) is 4.61. The quantitative estimate of drug-likeness (QED) is 0.688. The molecular weight excluding hydrogens is 322 g/mol. The lowest BCUT2D eigenvalue weighted by Gasteiger charge is -2.12. The molecule has 3 aromatic rings. The van der Waals surface area contributed by atoms with Crippen LogP contribution in [0.5, 0.6) is 0 Å². The van der Waals surface area contributed by atoms with Crippen LogP contribution in [-0.4, -0.2) is 9.97 Å². The number of nitrogens with zero attached hydrogens (tertiary/aromatic N) is 2. The minimum absolute atomic E-state index is 0.122. The van der Waals surface area contributed by atoms with E-state index in [9.17, 15) is 8.78 Å². The first-order valence-corrected chi connectivity index (χ1v) is 7.83. The van der Waals surface area contributed by atoms with Gasteiger partial charge in [-0.15, -0.1) is 0 Å². The zero-order chi connectivity index (χ0) is 18.0. The van der Waals surface area contributed by atoms with Crippen LogP contribution in [0.4, 0.5) is 31.9 Å². The molecule has 0 fully saturated rings. The second kappa shape index (κ2) is 6.84. The molecule has 0 spiro atoms. The standard InChI is InChI=1S/C19H18F2N4/c1-11-7-8-16(12(2)9-11)23-17-10-13(3)22-19(24-17)25-18-14(20)5-4-6-15(18)21/h4-10H,1-3H3,(H2,22,23,24,25). The van der Waals surface area contributed by atoms with Crippen LogP contribution in [0.15, 0.2) is 42.5 Å². The van der Waals surface area contributed by atoms with Crippen LogP contribution in [0.2, 0.25) is 0 Å². The van der Waals surface area contributed by atoms with Gasteiger partial charge in [-0.2, -0.15) is 4.98 Å². The third kappa shape index (κ3) is 3.91. The molecule has 0 radical (unpaired) electrons. The fourth-order valence-electron chi connectivity index (χ4n) is 2.51. The Hall–Kier alpha value is -3.02. The van der Waals surface area contributed by atoms with Crippen LogP contribution in [0.3, 0.4) is 0 Å². The largest absolute Gasteiger partial charge is 0.340 e. The van der Waals surface area contributed by atoms with Gasteiger partial charge in [0.15, 0.2) is 0 Å². The molecule has 2 aromatic carbocycles. The van der Waals surface area contributed by atoms with Crippen LogP contribution in [-0.2, 0) is 0 Å². The van der Waals surface area contributed by atoms with Crippen LogP contribution >= 0.6 is 0 Å². The van der Waals surface area contributed by atoms with Crippen molar-refractivity contribution in [1.82, 2.24) is 9.97 Å². The number of aryl methyl sites for hydroxylation is 3. The summed E-state index contributed by atoms with van der Waals surface area (Å²) in [6.45, 7) is 5.81. The van der Waals surface area contributed by atoms with Crippen molar-refractivity contribution in [3.05, 3.63) is 70.9 Å². The van der Waals surface area contributed by atoms with E-state index in [1.165, 1.54) is 23.8 Å². The molecule has 0 bridgehead atoms. The van der Waals surface area contributed by atoms with E-state index in [0.29, 0.717) is 11.5 Å². The predicted molar refractivity (Wildman–Crippen MR) is 95.6 cm³/mol. The highest BCUT2D eigenvalue weighted by molar-refractivity contribution is 5.63. The zero-order valence-electron chi connectivity index (χ0n) is 14.2. The number of hydrogen-bond donors (Lipinski definition) is 2. The van der Waals surface area contributed by atoms with Crippen molar-refractivity contribution in [2.75, 3.05) is 10.6 Å². The fraction of sp³-hybridized carbons (Fsp3) is 0.158. The monoisotopic (exact) mass is 340 g/mol. The maximum absolute atomic E-state index is 13.8. The summed E-state index contributed by atoms with van der Waals surface area (Å²) < 4.78 is 27.6. The Morgan fingerprint density at radius 3 is 2.24 bits per heavy atom. The van der Waals surface area contributed by atoms with Gasteiger partial charge in [-0.1, -0.05) is 23.8 Å². The van der Waals surface area contributed by atoms with E-state index >= 15 is 0 Å². The molecule has 0 aliphatic carbocycles. The van der Waals surface area contributed by atoms with Crippen molar-refractivity contribution in [2.45, 2.75) is 20.8 Å². The molecule has 25 heavy (non-hydrogen) atoms. The molecule has 2 N–H and O–H groups in total. The third-order valence-electron chi connectivity index (χ3n) is 3.70. The summed E-state index contributed by atoms with van der Waals surface area (Å²) in [7, 11) is 0. The van der Waals surface area contributed by atoms with E-state index in [1.807, 2.05) is 26.0 Å². The van der Waals surface area contributed by atoms with Gasteiger partial charge in [0.1, 0.15) is 23.1 Å². The summed E-state index contributed by atoms with van der Waals surface area (Å²) in [5, 5.41) is 5.84. The van der Waals surface area contributed by atoms with Crippen molar-refractivity contribution in [3.8, 4) is 0 Å². The lowest BCUT2D eigenvalue weighted by atomic mass is 10.1. The predicted octanol–water partition coefficient (Wildman–Crippen LogP) is 5.17. The molecule has 0 saturated carbocycles. The van der Waals surface area contributed by atoms with E-state index in [4.69, 9.17) is 0 Å². The number of rotatable bonds is 4. The molecular formula is C19H18F2N4. The van der Waals surface area contributed by atoms with Gasteiger partial charge < -0.3 is 10.6 Å². The van der Waals surface area contributed by atoms with Gasteiger partial charge in [-0.05, 0) is 44.5 Å².